The van der Waals surface area contributed by atoms with Crippen molar-refractivity contribution in [3.63, 3.8) is 0 Å². The van der Waals surface area contributed by atoms with Crippen LogP contribution in [0.25, 0.3) is 0 Å². The number of esters is 2. The van der Waals surface area contributed by atoms with Gasteiger partial charge in [-0.1, -0.05) is 39.5 Å². The molecule has 0 atom stereocenters. The first kappa shape index (κ1) is 53.0. The zero-order valence-electron chi connectivity index (χ0n) is 30.7. The van der Waals surface area contributed by atoms with Gasteiger partial charge in [0.2, 0.25) is 22.3 Å². The maximum absolute atomic E-state index is 11.4. The summed E-state index contributed by atoms with van der Waals surface area (Å²) in [5, 5.41) is 26.6. The van der Waals surface area contributed by atoms with E-state index >= 15 is 0 Å². The number of unbranched alkanes of at least 4 members (excludes halogenated alkanes) is 7. The largest absolute Gasteiger partial charge is 0.456 e. The van der Waals surface area contributed by atoms with Crippen LogP contribution in [0.1, 0.15) is 117 Å². The molecule has 0 saturated carbocycles. The normalized spacial score (nSPS) is 9.88. The Morgan fingerprint density at radius 3 is 0.981 bits per heavy atom. The second-order valence-electron chi connectivity index (χ2n) is 11.3. The van der Waals surface area contributed by atoms with Gasteiger partial charge in [-0.2, -0.15) is 0 Å². The summed E-state index contributed by atoms with van der Waals surface area (Å²) >= 11 is 10.1. The zero-order valence-corrected chi connectivity index (χ0v) is 32.2. The Labute approximate surface area is 317 Å². The number of aliphatic hydroxyl groups excluding tert-OH is 2. The van der Waals surface area contributed by atoms with E-state index in [-0.39, 0.29) is 59.3 Å². The van der Waals surface area contributed by atoms with Crippen molar-refractivity contribution in [3.8, 4) is 0 Å². The third kappa shape index (κ3) is 46.7. The lowest BCUT2D eigenvalue weighted by Gasteiger charge is -2.07. The molecule has 0 radical (unpaired) electrons. The van der Waals surface area contributed by atoms with Gasteiger partial charge in [0.1, 0.15) is 13.2 Å². The van der Waals surface area contributed by atoms with Crippen LogP contribution >= 0.6 is 23.2 Å². The maximum atomic E-state index is 11.4. The summed E-state index contributed by atoms with van der Waals surface area (Å²) in [5.74, 6) is -2.00. The zero-order chi connectivity index (χ0) is 39.8. The fourth-order valence-electron chi connectivity index (χ4n) is 3.70. The van der Waals surface area contributed by atoms with E-state index in [1.807, 2.05) is 13.8 Å². The molecule has 0 aromatic heterocycles. The van der Waals surface area contributed by atoms with E-state index in [2.05, 4.69) is 21.3 Å². The minimum atomic E-state index is -0.465. The molecule has 4 amide bonds. The second-order valence-corrected chi connectivity index (χ2v) is 12.1. The molecule has 52 heavy (non-hydrogen) atoms. The monoisotopic (exact) mass is 786 g/mol. The smallest absolute Gasteiger partial charge is 0.306 e. The van der Waals surface area contributed by atoms with Crippen molar-refractivity contribution < 1.29 is 58.0 Å². The summed E-state index contributed by atoms with van der Waals surface area (Å²) in [5.41, 5.74) is 0. The summed E-state index contributed by atoms with van der Waals surface area (Å²) < 4.78 is 9.60. The van der Waals surface area contributed by atoms with Gasteiger partial charge in [-0.3, -0.25) is 38.4 Å². The lowest BCUT2D eigenvalue weighted by Crippen LogP contribution is -2.30. The first-order valence-electron chi connectivity index (χ1n) is 17.8. The quantitative estimate of drug-likeness (QED) is 0.0364. The SMILES string of the molecule is CCCC(=O)OCC(=O)NCCCCCCNC(=O)COC(=O)CCC.O=C(CO)NCCCCCCNC(=O)CO.O=C(Cl)CCCCC(=O)Cl. The minimum absolute atomic E-state index is 0.228. The van der Waals surface area contributed by atoms with Crippen LogP contribution in [0.5, 0.6) is 0 Å². The number of ether oxygens (including phenoxy) is 2. The summed E-state index contributed by atoms with van der Waals surface area (Å²) in [6, 6.07) is 0. The number of carbonyl (C=O) groups excluding carboxylic acids is 8. The number of rotatable bonds is 29. The van der Waals surface area contributed by atoms with Gasteiger partial charge in [0.05, 0.1) is 0 Å². The molecule has 6 N–H and O–H groups in total. The van der Waals surface area contributed by atoms with Crippen LogP contribution in [0.15, 0.2) is 0 Å². The number of hydrogen-bond acceptors (Lipinski definition) is 12. The van der Waals surface area contributed by atoms with Crippen molar-refractivity contribution in [2.45, 2.75) is 117 Å². The molecule has 0 spiro atoms. The third-order valence-corrected chi connectivity index (χ3v) is 6.79. The molecule has 0 aliphatic rings. The molecular weight excluding hydrogens is 727 g/mol. The van der Waals surface area contributed by atoms with Gasteiger partial charge in [-0.25, -0.2) is 0 Å². The van der Waals surface area contributed by atoms with E-state index in [1.54, 1.807) is 0 Å². The summed E-state index contributed by atoms with van der Waals surface area (Å²) in [6.45, 7) is 4.56. The Balaban J connectivity index is -0.000000780. The highest BCUT2D eigenvalue weighted by atomic mass is 35.5. The molecule has 0 bridgehead atoms. The van der Waals surface area contributed by atoms with Crippen molar-refractivity contribution in [1.29, 1.82) is 0 Å². The second kappa shape index (κ2) is 40.4. The van der Waals surface area contributed by atoms with Gasteiger partial charge in [-0.15, -0.1) is 0 Å². The molecule has 0 saturated heterocycles. The highest BCUT2D eigenvalue weighted by Gasteiger charge is 2.07. The molecular formula is C34H60Cl2N4O12. The average molecular weight is 788 g/mol. The van der Waals surface area contributed by atoms with Crippen molar-refractivity contribution >= 4 is 69.3 Å². The molecule has 0 fully saturated rings. The minimum Gasteiger partial charge on any atom is -0.456 e. The van der Waals surface area contributed by atoms with Crippen molar-refractivity contribution in [2.75, 3.05) is 52.6 Å². The van der Waals surface area contributed by atoms with Crippen molar-refractivity contribution in [2.24, 2.45) is 0 Å². The van der Waals surface area contributed by atoms with Gasteiger partial charge in [0, 0.05) is 51.9 Å². The number of amides is 4. The molecule has 0 unspecified atom stereocenters. The molecule has 0 aromatic rings. The third-order valence-electron chi connectivity index (χ3n) is 6.42. The molecule has 0 aromatic carbocycles. The topological polar surface area (TPSA) is 244 Å². The molecule has 0 aliphatic heterocycles. The molecule has 0 heterocycles. The summed E-state index contributed by atoms with van der Waals surface area (Å²) in [7, 11) is 0. The van der Waals surface area contributed by atoms with E-state index in [0.717, 1.165) is 51.4 Å². The van der Waals surface area contributed by atoms with E-state index in [4.69, 9.17) is 42.9 Å². The van der Waals surface area contributed by atoms with Gasteiger partial charge < -0.3 is 41.0 Å². The van der Waals surface area contributed by atoms with E-state index in [1.165, 1.54) is 0 Å². The first-order chi connectivity index (χ1) is 24.8. The molecule has 0 aliphatic carbocycles. The van der Waals surface area contributed by atoms with E-state index in [9.17, 15) is 38.4 Å². The standard InChI is InChI=1S/C18H32N2O6.C10H20N2O4.C6H8Cl2O2/c1-3-9-17(23)25-13-15(21)19-11-7-5-6-8-12-20-16(22)14-26-18(24)10-4-2;13-7-9(15)11-5-3-1-2-4-6-12-10(16)8-14;7-5(9)3-1-2-4-6(8)10/h3-14H2,1-2H3,(H,19,21)(H,20,22);13-14H,1-8H2,(H,11,15)(H,12,16);1-4H2. The number of halogens is 2. The fourth-order valence-corrected chi connectivity index (χ4v) is 3.97. The van der Waals surface area contributed by atoms with Crippen LogP contribution in [-0.4, -0.2) is 109 Å². The van der Waals surface area contributed by atoms with Gasteiger partial charge in [0.25, 0.3) is 11.8 Å². The number of aliphatic hydroxyl groups is 2. The van der Waals surface area contributed by atoms with Crippen LogP contribution in [0.2, 0.25) is 0 Å². The first-order valence-corrected chi connectivity index (χ1v) is 18.5. The number of hydrogen-bond donors (Lipinski definition) is 6. The molecule has 16 nitrogen and oxygen atoms in total. The lowest BCUT2D eigenvalue weighted by atomic mass is 10.2. The van der Waals surface area contributed by atoms with Gasteiger partial charge in [0.15, 0.2) is 13.2 Å². The van der Waals surface area contributed by atoms with Gasteiger partial charge in [-0.05, 0) is 74.6 Å². The molecule has 18 heteroatoms. The van der Waals surface area contributed by atoms with Crippen LogP contribution in [-0.2, 0) is 47.8 Å². The van der Waals surface area contributed by atoms with Crippen LogP contribution in [0.3, 0.4) is 0 Å². The Morgan fingerprint density at radius 2 is 0.731 bits per heavy atom. The highest BCUT2D eigenvalue weighted by Crippen LogP contribution is 2.04. The fraction of sp³-hybridized carbons (Fsp3) is 0.765. The van der Waals surface area contributed by atoms with Crippen LogP contribution < -0.4 is 21.3 Å². The maximum Gasteiger partial charge on any atom is 0.306 e. The van der Waals surface area contributed by atoms with Crippen LogP contribution in [0.4, 0.5) is 0 Å². The number of carbonyl (C=O) groups is 8. The van der Waals surface area contributed by atoms with Crippen molar-refractivity contribution in [1.82, 2.24) is 21.3 Å². The lowest BCUT2D eigenvalue weighted by molar-refractivity contribution is -0.148. The van der Waals surface area contributed by atoms with E-state index in [0.29, 0.717) is 77.5 Å². The van der Waals surface area contributed by atoms with E-state index < -0.39 is 13.2 Å². The van der Waals surface area contributed by atoms with Crippen molar-refractivity contribution in [3.05, 3.63) is 0 Å². The average Bonchev–Trinajstić information content (AvgIpc) is 3.11. The van der Waals surface area contributed by atoms with Gasteiger partial charge >= 0.3 is 11.9 Å². The predicted octanol–water partition coefficient (Wildman–Crippen LogP) is 2.31. The molecule has 302 valence electrons. The predicted molar refractivity (Wildman–Crippen MR) is 195 cm³/mol. The summed E-state index contributed by atoms with van der Waals surface area (Å²) in [4.78, 5) is 86.6. The highest BCUT2D eigenvalue weighted by molar-refractivity contribution is 6.63. The Morgan fingerprint density at radius 1 is 0.442 bits per heavy atom. The number of nitrogens with one attached hydrogen (secondary N) is 4. The Bertz CT molecular complexity index is 941. The Kier molecular flexibility index (Phi) is 41.2. The Hall–Kier alpha value is -3.34. The van der Waals surface area contributed by atoms with Crippen LogP contribution in [0, 0.1) is 0 Å². The molecule has 0 rings (SSSR count). The summed E-state index contributed by atoms with van der Waals surface area (Å²) in [6.07, 6.45) is 11.1.